The average molecular weight is 538 g/mol. The minimum Gasteiger partial charge on any atom is -0.423 e. The van der Waals surface area contributed by atoms with Crippen LogP contribution in [0, 0.1) is 6.92 Å². The Morgan fingerprint density at radius 3 is 2.40 bits per heavy atom. The number of nitrogens with two attached hydrogens (primary N) is 1. The summed E-state index contributed by atoms with van der Waals surface area (Å²) in [4.78, 5) is 19.2. The smallest absolute Gasteiger partial charge is 0.300 e. The predicted octanol–water partition coefficient (Wildman–Crippen LogP) is 5.00. The molecule has 10 heteroatoms. The lowest BCUT2D eigenvalue weighted by Gasteiger charge is -2.41. The molecule has 1 aliphatic carbocycles. The van der Waals surface area contributed by atoms with Gasteiger partial charge in [0.2, 0.25) is 0 Å². The van der Waals surface area contributed by atoms with E-state index in [1.54, 1.807) is 0 Å². The van der Waals surface area contributed by atoms with Gasteiger partial charge in [0.25, 0.3) is 6.01 Å². The van der Waals surface area contributed by atoms with Crippen molar-refractivity contribution >= 4 is 39.7 Å². The maximum atomic E-state index is 6.40. The van der Waals surface area contributed by atoms with E-state index in [0.29, 0.717) is 29.7 Å². The third-order valence-electron chi connectivity index (χ3n) is 8.56. The van der Waals surface area contributed by atoms with E-state index >= 15 is 0 Å². The summed E-state index contributed by atoms with van der Waals surface area (Å²) in [6.45, 7) is 6.70. The number of aromatic nitrogens is 5. The van der Waals surface area contributed by atoms with Gasteiger partial charge in [0.05, 0.1) is 17.6 Å². The van der Waals surface area contributed by atoms with Crippen LogP contribution in [-0.2, 0) is 0 Å². The SMILES string of the molecule is Cc1cccc2oc(Nc3ccc(-c4nc(N)c5cnn(C6CCC(N7CCN(C)CC7)CC6)c5n4)cc3)nc12. The highest BCUT2D eigenvalue weighted by Crippen LogP contribution is 2.34. The normalized spacial score (nSPS) is 20.9. The largest absolute Gasteiger partial charge is 0.423 e. The van der Waals surface area contributed by atoms with E-state index in [1.165, 1.54) is 25.9 Å². The van der Waals surface area contributed by atoms with Gasteiger partial charge in [-0.05, 0) is 75.5 Å². The molecule has 1 saturated carbocycles. The van der Waals surface area contributed by atoms with Crippen LogP contribution in [0.4, 0.5) is 17.5 Å². The number of piperazine rings is 1. The molecule has 3 N–H and O–H groups in total. The Bertz CT molecular complexity index is 1640. The first-order valence-corrected chi connectivity index (χ1v) is 14.2. The Morgan fingerprint density at radius 2 is 1.65 bits per heavy atom. The van der Waals surface area contributed by atoms with Crippen LogP contribution in [0.15, 0.2) is 53.1 Å². The molecule has 2 aromatic carbocycles. The van der Waals surface area contributed by atoms with Crippen molar-refractivity contribution in [3.63, 3.8) is 0 Å². The zero-order valence-electron chi connectivity index (χ0n) is 23.0. The number of para-hydroxylation sites is 1. The molecular weight excluding hydrogens is 502 g/mol. The fourth-order valence-electron chi connectivity index (χ4n) is 6.16. The molecule has 4 heterocycles. The summed E-state index contributed by atoms with van der Waals surface area (Å²) >= 11 is 0. The number of nitrogens with one attached hydrogen (secondary N) is 1. The molecule has 10 nitrogen and oxygen atoms in total. The molecule has 1 saturated heterocycles. The van der Waals surface area contributed by atoms with E-state index in [-0.39, 0.29) is 0 Å². The van der Waals surface area contributed by atoms with Crippen molar-refractivity contribution in [2.45, 2.75) is 44.7 Å². The van der Waals surface area contributed by atoms with Gasteiger partial charge < -0.3 is 20.4 Å². The number of benzene rings is 2. The number of likely N-dealkylation sites (N-methyl/N-ethyl adjacent to an activating group) is 1. The molecule has 0 bridgehead atoms. The molecule has 0 radical (unpaired) electrons. The quantitative estimate of drug-likeness (QED) is 0.320. The molecule has 0 amide bonds. The summed E-state index contributed by atoms with van der Waals surface area (Å²) in [6, 6.07) is 15.3. The van der Waals surface area contributed by atoms with Crippen molar-refractivity contribution < 1.29 is 4.42 Å². The Morgan fingerprint density at radius 1 is 0.900 bits per heavy atom. The summed E-state index contributed by atoms with van der Waals surface area (Å²) in [5.74, 6) is 1.06. The van der Waals surface area contributed by atoms with Crippen molar-refractivity contribution in [3.05, 3.63) is 54.2 Å². The number of anilines is 3. The van der Waals surface area contributed by atoms with Gasteiger partial charge in [0.15, 0.2) is 17.1 Å². The van der Waals surface area contributed by atoms with Crippen LogP contribution >= 0.6 is 0 Å². The van der Waals surface area contributed by atoms with Crippen LogP contribution in [0.1, 0.15) is 37.3 Å². The number of oxazole rings is 1. The van der Waals surface area contributed by atoms with Crippen LogP contribution in [0.25, 0.3) is 33.5 Å². The van der Waals surface area contributed by atoms with E-state index in [1.807, 2.05) is 55.6 Å². The van der Waals surface area contributed by atoms with E-state index in [2.05, 4.69) is 36.8 Å². The monoisotopic (exact) mass is 537 g/mol. The van der Waals surface area contributed by atoms with E-state index in [9.17, 15) is 0 Å². The molecule has 2 aliphatic rings. The summed E-state index contributed by atoms with van der Waals surface area (Å²) in [6.07, 6.45) is 6.40. The molecule has 7 rings (SSSR count). The zero-order valence-corrected chi connectivity index (χ0v) is 23.0. The van der Waals surface area contributed by atoms with Crippen molar-refractivity contribution in [3.8, 4) is 11.4 Å². The number of fused-ring (bicyclic) bond motifs is 2. The van der Waals surface area contributed by atoms with Crippen LogP contribution in [0.3, 0.4) is 0 Å². The zero-order chi connectivity index (χ0) is 27.2. The second-order valence-corrected chi connectivity index (χ2v) is 11.2. The summed E-state index contributed by atoms with van der Waals surface area (Å²) in [5, 5.41) is 8.80. The first-order valence-electron chi connectivity index (χ1n) is 14.2. The highest BCUT2D eigenvalue weighted by Gasteiger charge is 2.29. The highest BCUT2D eigenvalue weighted by molar-refractivity contribution is 5.87. The molecule has 206 valence electrons. The number of hydrogen-bond acceptors (Lipinski definition) is 9. The van der Waals surface area contributed by atoms with Crippen molar-refractivity contribution in [1.29, 1.82) is 0 Å². The molecule has 0 atom stereocenters. The first-order chi connectivity index (χ1) is 19.5. The van der Waals surface area contributed by atoms with Gasteiger partial charge in [0, 0.05) is 43.5 Å². The fraction of sp³-hybridized carbons (Fsp3) is 0.400. The van der Waals surface area contributed by atoms with Crippen LogP contribution in [0.5, 0.6) is 0 Å². The lowest BCUT2D eigenvalue weighted by atomic mass is 9.90. The Kier molecular flexibility index (Phi) is 6.36. The number of rotatable bonds is 5. The van der Waals surface area contributed by atoms with E-state index in [0.717, 1.165) is 64.9 Å². The molecule has 5 aromatic rings. The third kappa shape index (κ3) is 4.67. The number of aryl methyl sites for hydroxylation is 1. The number of nitrogen functional groups attached to an aromatic ring is 1. The standard InChI is InChI=1S/C30H35N9O/c1-19-4-3-5-25-26(19)34-30(40-25)33-21-8-6-20(7-9-21)28-35-27(31)24-18-32-39(29(24)36-28)23-12-10-22(11-13-23)38-16-14-37(2)15-17-38/h3-9,18,22-23H,10-17H2,1-2H3,(H,33,34)(H2,31,35,36). The van der Waals surface area contributed by atoms with Gasteiger partial charge in [-0.15, -0.1) is 0 Å². The highest BCUT2D eigenvalue weighted by atomic mass is 16.4. The molecular formula is C30H35N9O. The van der Waals surface area contributed by atoms with Gasteiger partial charge in [-0.1, -0.05) is 12.1 Å². The fourth-order valence-corrected chi connectivity index (χ4v) is 6.16. The predicted molar refractivity (Wildman–Crippen MR) is 158 cm³/mol. The molecule has 2 fully saturated rings. The topological polar surface area (TPSA) is 114 Å². The van der Waals surface area contributed by atoms with E-state index in [4.69, 9.17) is 20.2 Å². The van der Waals surface area contributed by atoms with Gasteiger partial charge >= 0.3 is 0 Å². The van der Waals surface area contributed by atoms with Gasteiger partial charge in [-0.3, -0.25) is 4.90 Å². The van der Waals surface area contributed by atoms with Crippen molar-refractivity contribution in [1.82, 2.24) is 34.5 Å². The number of nitrogens with zero attached hydrogens (tertiary/aromatic N) is 7. The van der Waals surface area contributed by atoms with Crippen molar-refractivity contribution in [2.75, 3.05) is 44.3 Å². The number of hydrogen-bond donors (Lipinski definition) is 2. The third-order valence-corrected chi connectivity index (χ3v) is 8.56. The molecule has 3 aromatic heterocycles. The van der Waals surface area contributed by atoms with Gasteiger partial charge in [-0.25, -0.2) is 14.6 Å². The maximum absolute atomic E-state index is 6.40. The van der Waals surface area contributed by atoms with Gasteiger partial charge in [-0.2, -0.15) is 10.1 Å². The second kappa shape index (κ2) is 10.2. The van der Waals surface area contributed by atoms with Crippen molar-refractivity contribution in [2.24, 2.45) is 0 Å². The molecule has 0 spiro atoms. The van der Waals surface area contributed by atoms with Crippen LogP contribution < -0.4 is 11.1 Å². The Labute approximate surface area is 233 Å². The Balaban J connectivity index is 1.08. The first kappa shape index (κ1) is 25.0. The second-order valence-electron chi connectivity index (χ2n) is 11.2. The van der Waals surface area contributed by atoms with Crippen LogP contribution in [-0.4, -0.2) is 73.8 Å². The average Bonchev–Trinajstić information content (AvgIpc) is 3.59. The molecule has 40 heavy (non-hydrogen) atoms. The lowest BCUT2D eigenvalue weighted by molar-refractivity contribution is 0.0815. The Hall–Kier alpha value is -4.02. The summed E-state index contributed by atoms with van der Waals surface area (Å²) < 4.78 is 7.95. The summed E-state index contributed by atoms with van der Waals surface area (Å²) in [7, 11) is 2.21. The summed E-state index contributed by atoms with van der Waals surface area (Å²) in [5.41, 5.74) is 11.7. The minimum absolute atomic E-state index is 0.329. The minimum atomic E-state index is 0.329. The van der Waals surface area contributed by atoms with Gasteiger partial charge in [0.1, 0.15) is 11.3 Å². The lowest BCUT2D eigenvalue weighted by Crippen LogP contribution is -2.49. The molecule has 0 unspecified atom stereocenters. The maximum Gasteiger partial charge on any atom is 0.300 e. The molecule has 1 aliphatic heterocycles. The van der Waals surface area contributed by atoms with E-state index < -0.39 is 0 Å². The van der Waals surface area contributed by atoms with Crippen LogP contribution in [0.2, 0.25) is 0 Å².